The van der Waals surface area contributed by atoms with E-state index in [1.54, 1.807) is 0 Å². The molecule has 3 aromatic carbocycles. The monoisotopic (exact) mass is 386 g/mol. The maximum absolute atomic E-state index is 4.98. The van der Waals surface area contributed by atoms with Gasteiger partial charge in [-0.25, -0.2) is 4.99 Å². The summed E-state index contributed by atoms with van der Waals surface area (Å²) in [6.45, 7) is 2.11. The van der Waals surface area contributed by atoms with Gasteiger partial charge < -0.3 is 4.98 Å². The molecule has 0 amide bonds. The average Bonchev–Trinajstić information content (AvgIpc) is 3.47. The first-order valence-corrected chi connectivity index (χ1v) is 10.2. The highest BCUT2D eigenvalue weighted by atomic mass is 14.8. The average molecular weight is 386 g/mol. The van der Waals surface area contributed by atoms with Crippen molar-refractivity contribution in [3.05, 3.63) is 137 Å². The lowest BCUT2D eigenvalue weighted by atomic mass is 9.99. The number of rotatable bonds is 4. The number of aryl methyl sites for hydroxylation is 1. The molecule has 0 spiro atoms. The summed E-state index contributed by atoms with van der Waals surface area (Å²) in [5, 5.41) is 0. The molecule has 144 valence electrons. The Balaban J connectivity index is 1.64. The molecule has 0 unspecified atom stereocenters. The van der Waals surface area contributed by atoms with E-state index in [4.69, 9.17) is 4.99 Å². The predicted octanol–water partition coefficient (Wildman–Crippen LogP) is 6.81. The van der Waals surface area contributed by atoms with Gasteiger partial charge in [0.1, 0.15) is 0 Å². The van der Waals surface area contributed by atoms with E-state index in [0.29, 0.717) is 0 Å². The second-order valence-electron chi connectivity index (χ2n) is 7.47. The highest BCUT2D eigenvalue weighted by Crippen LogP contribution is 2.32. The van der Waals surface area contributed by atoms with Gasteiger partial charge in [0.25, 0.3) is 0 Å². The molecule has 4 aromatic rings. The number of nitrogens with one attached hydrogen (secondary N) is 1. The molecule has 1 aliphatic heterocycles. The third-order valence-electron chi connectivity index (χ3n) is 5.35. The van der Waals surface area contributed by atoms with Crippen LogP contribution in [0.25, 0.3) is 16.8 Å². The van der Waals surface area contributed by atoms with Gasteiger partial charge in [0.15, 0.2) is 0 Å². The highest BCUT2D eigenvalue weighted by Gasteiger charge is 2.16. The van der Waals surface area contributed by atoms with Crippen molar-refractivity contribution in [2.24, 2.45) is 4.99 Å². The minimum Gasteiger partial charge on any atom is -0.354 e. The zero-order valence-corrected chi connectivity index (χ0v) is 16.8. The molecule has 5 rings (SSSR count). The van der Waals surface area contributed by atoms with E-state index >= 15 is 0 Å². The Kier molecular flexibility index (Phi) is 4.74. The van der Waals surface area contributed by atoms with E-state index in [1.807, 2.05) is 24.3 Å². The van der Waals surface area contributed by atoms with Crippen LogP contribution < -0.4 is 0 Å². The molecular formula is C28H22N2. The quantitative estimate of drug-likeness (QED) is 0.399. The molecule has 0 bridgehead atoms. The smallest absolute Gasteiger partial charge is 0.0737 e. The van der Waals surface area contributed by atoms with Gasteiger partial charge in [-0.3, -0.25) is 0 Å². The maximum atomic E-state index is 4.98. The lowest BCUT2D eigenvalue weighted by Gasteiger charge is -2.09. The van der Waals surface area contributed by atoms with Crippen molar-refractivity contribution in [2.75, 3.05) is 0 Å². The third-order valence-corrected chi connectivity index (χ3v) is 5.35. The standard InChI is InChI=1S/C28H22N2/c1-20-12-14-23(15-13-20)28(26-18-16-24(29-26)21-8-4-2-5-9-21)27-19-17-25(30-27)22-10-6-3-7-11-22/h2-19,29H,1H3/b28-27-. The third kappa shape index (κ3) is 3.56. The number of benzene rings is 3. The fourth-order valence-electron chi connectivity index (χ4n) is 3.76. The fraction of sp³-hybridized carbons (Fsp3) is 0.0357. The van der Waals surface area contributed by atoms with E-state index in [0.717, 1.165) is 39.5 Å². The van der Waals surface area contributed by atoms with Crippen molar-refractivity contribution >= 4 is 11.3 Å². The minimum absolute atomic E-state index is 0.971. The van der Waals surface area contributed by atoms with Gasteiger partial charge in [-0.2, -0.15) is 0 Å². The number of H-pyrrole nitrogens is 1. The topological polar surface area (TPSA) is 28.1 Å². The van der Waals surface area contributed by atoms with Crippen LogP contribution in [0, 0.1) is 6.92 Å². The number of hydrogen-bond acceptors (Lipinski definition) is 1. The Hall–Kier alpha value is -3.91. The largest absolute Gasteiger partial charge is 0.354 e. The van der Waals surface area contributed by atoms with Crippen LogP contribution in [-0.4, -0.2) is 10.7 Å². The Morgan fingerprint density at radius 2 is 1.33 bits per heavy atom. The summed E-state index contributed by atoms with van der Waals surface area (Å²) in [7, 11) is 0. The van der Waals surface area contributed by atoms with Gasteiger partial charge in [-0.05, 0) is 42.3 Å². The molecular weight excluding hydrogens is 364 g/mol. The molecule has 2 nitrogen and oxygen atoms in total. The molecule has 2 heteroatoms. The highest BCUT2D eigenvalue weighted by molar-refractivity contribution is 6.12. The lowest BCUT2D eigenvalue weighted by molar-refractivity contribution is 1.31. The van der Waals surface area contributed by atoms with Crippen LogP contribution in [0.5, 0.6) is 0 Å². The van der Waals surface area contributed by atoms with Gasteiger partial charge in [0, 0.05) is 22.5 Å². The molecule has 0 saturated carbocycles. The van der Waals surface area contributed by atoms with Crippen LogP contribution in [0.2, 0.25) is 0 Å². The number of aliphatic imine (C=N–C) groups is 1. The van der Waals surface area contributed by atoms with Gasteiger partial charge in [0.2, 0.25) is 0 Å². The molecule has 1 aromatic heterocycles. The summed E-state index contributed by atoms with van der Waals surface area (Å²) >= 11 is 0. The van der Waals surface area contributed by atoms with Gasteiger partial charge in [-0.15, -0.1) is 0 Å². The van der Waals surface area contributed by atoms with Crippen LogP contribution >= 0.6 is 0 Å². The molecule has 1 aliphatic rings. The van der Waals surface area contributed by atoms with Gasteiger partial charge >= 0.3 is 0 Å². The summed E-state index contributed by atoms with van der Waals surface area (Å²) in [6, 6.07) is 33.6. The maximum Gasteiger partial charge on any atom is 0.0737 e. The number of allylic oxidation sites excluding steroid dienone is 2. The molecule has 30 heavy (non-hydrogen) atoms. The fourth-order valence-corrected chi connectivity index (χ4v) is 3.76. The van der Waals surface area contributed by atoms with Crippen molar-refractivity contribution in [1.82, 2.24) is 4.98 Å². The molecule has 0 fully saturated rings. The minimum atomic E-state index is 0.971. The van der Waals surface area contributed by atoms with E-state index in [9.17, 15) is 0 Å². The predicted molar refractivity (Wildman–Crippen MR) is 126 cm³/mol. The van der Waals surface area contributed by atoms with Gasteiger partial charge in [0.05, 0.1) is 11.4 Å². The summed E-state index contributed by atoms with van der Waals surface area (Å²) in [5.41, 5.74) is 9.94. The van der Waals surface area contributed by atoms with Crippen LogP contribution in [0.4, 0.5) is 0 Å². The first-order valence-electron chi connectivity index (χ1n) is 10.2. The number of aromatic amines is 1. The van der Waals surface area contributed by atoms with Crippen molar-refractivity contribution < 1.29 is 0 Å². The first kappa shape index (κ1) is 18.1. The summed E-state index contributed by atoms with van der Waals surface area (Å²) in [6.07, 6.45) is 4.21. The second kappa shape index (κ2) is 7.84. The summed E-state index contributed by atoms with van der Waals surface area (Å²) < 4.78 is 0. The summed E-state index contributed by atoms with van der Waals surface area (Å²) in [4.78, 5) is 8.59. The Morgan fingerprint density at radius 1 is 0.667 bits per heavy atom. The van der Waals surface area contributed by atoms with Crippen molar-refractivity contribution in [3.8, 4) is 11.3 Å². The van der Waals surface area contributed by atoms with Crippen LogP contribution in [0.1, 0.15) is 22.4 Å². The molecule has 0 atom stereocenters. The number of hydrogen-bond donors (Lipinski definition) is 1. The molecule has 0 saturated heterocycles. The first-order chi connectivity index (χ1) is 14.8. The number of nitrogens with zero attached hydrogens (tertiary/aromatic N) is 1. The van der Waals surface area contributed by atoms with Crippen molar-refractivity contribution in [3.63, 3.8) is 0 Å². The van der Waals surface area contributed by atoms with E-state index < -0.39 is 0 Å². The van der Waals surface area contributed by atoms with Gasteiger partial charge in [-0.1, -0.05) is 90.5 Å². The lowest BCUT2D eigenvalue weighted by Crippen LogP contribution is -1.94. The van der Waals surface area contributed by atoms with Crippen molar-refractivity contribution in [1.29, 1.82) is 0 Å². The Morgan fingerprint density at radius 3 is 2.03 bits per heavy atom. The second-order valence-corrected chi connectivity index (χ2v) is 7.47. The molecule has 2 heterocycles. The molecule has 1 N–H and O–H groups in total. The van der Waals surface area contributed by atoms with Crippen LogP contribution in [0.3, 0.4) is 0 Å². The SMILES string of the molecule is Cc1ccc(/C(=C2\C=CC(c3ccccc3)=N2)c2ccc(-c3ccccc3)[nH]2)cc1. The number of aromatic nitrogens is 1. The molecule has 0 radical (unpaired) electrons. The Labute approximate surface area is 177 Å². The zero-order valence-electron chi connectivity index (χ0n) is 16.8. The summed E-state index contributed by atoms with van der Waals surface area (Å²) in [5.74, 6) is 0. The van der Waals surface area contributed by atoms with E-state index in [-0.39, 0.29) is 0 Å². The van der Waals surface area contributed by atoms with E-state index in [2.05, 4.69) is 96.9 Å². The Bertz CT molecular complexity index is 1260. The molecule has 0 aliphatic carbocycles. The zero-order chi connectivity index (χ0) is 20.3. The van der Waals surface area contributed by atoms with E-state index in [1.165, 1.54) is 11.1 Å². The normalized spacial score (nSPS) is 14.6. The van der Waals surface area contributed by atoms with Crippen molar-refractivity contribution in [2.45, 2.75) is 6.92 Å². The van der Waals surface area contributed by atoms with Crippen LogP contribution in [0.15, 0.2) is 120 Å². The van der Waals surface area contributed by atoms with Crippen LogP contribution in [-0.2, 0) is 0 Å².